The van der Waals surface area contributed by atoms with Crippen molar-refractivity contribution in [3.8, 4) is 0 Å². The fraction of sp³-hybridized carbons (Fsp3) is 0.500. The summed E-state index contributed by atoms with van der Waals surface area (Å²) in [4.78, 5) is 33.3. The molecule has 0 aliphatic carbocycles. The molecule has 0 atom stereocenters. The minimum atomic E-state index is -0.694. The van der Waals surface area contributed by atoms with Crippen LogP contribution in [0.25, 0.3) is 0 Å². The lowest BCUT2D eigenvalue weighted by atomic mass is 10.4. The zero-order valence-electron chi connectivity index (χ0n) is 12.0. The Bertz CT molecular complexity index is 398. The summed E-state index contributed by atoms with van der Waals surface area (Å²) in [6.45, 7) is 5.15. The van der Waals surface area contributed by atoms with E-state index < -0.39 is 17.9 Å². The fourth-order valence-electron chi connectivity index (χ4n) is 0.989. The molecule has 0 aliphatic heterocycles. The first kappa shape index (κ1) is 18.9. The molecule has 0 amide bonds. The molecule has 7 heteroatoms. The summed E-state index contributed by atoms with van der Waals surface area (Å²) in [5.74, 6) is -1.87. The lowest BCUT2D eigenvalue weighted by molar-refractivity contribution is -0.142. The molecule has 0 radical (unpaired) electrons. The van der Waals surface area contributed by atoms with E-state index in [-0.39, 0.29) is 26.4 Å². The molecular formula is C14H20O7. The molecule has 0 fully saturated rings. The van der Waals surface area contributed by atoms with E-state index in [0.29, 0.717) is 18.4 Å². The van der Waals surface area contributed by atoms with Crippen LogP contribution in [0.3, 0.4) is 0 Å². The highest BCUT2D eigenvalue weighted by Crippen LogP contribution is 1.94. The molecule has 118 valence electrons. The molecule has 0 saturated heterocycles. The predicted molar refractivity (Wildman–Crippen MR) is 73.2 cm³/mol. The lowest BCUT2D eigenvalue weighted by Gasteiger charge is -2.04. The van der Waals surface area contributed by atoms with Gasteiger partial charge < -0.3 is 19.3 Å². The molecule has 7 nitrogen and oxygen atoms in total. The highest BCUT2D eigenvalue weighted by molar-refractivity contribution is 5.91. The van der Waals surface area contributed by atoms with E-state index >= 15 is 0 Å². The second kappa shape index (κ2) is 11.7. The van der Waals surface area contributed by atoms with Gasteiger partial charge in [0, 0.05) is 37.2 Å². The normalized spacial score (nSPS) is 10.2. The van der Waals surface area contributed by atoms with Crippen LogP contribution in [0.15, 0.2) is 24.3 Å². The molecule has 0 bridgehead atoms. The van der Waals surface area contributed by atoms with E-state index in [1.807, 2.05) is 0 Å². The number of carbonyl (C=O) groups is 3. The summed E-state index contributed by atoms with van der Waals surface area (Å²) >= 11 is 0. The first-order valence-electron chi connectivity index (χ1n) is 6.42. The quantitative estimate of drug-likeness (QED) is 0.272. The molecule has 0 heterocycles. The van der Waals surface area contributed by atoms with Crippen LogP contribution in [0.4, 0.5) is 0 Å². The van der Waals surface area contributed by atoms with Crippen molar-refractivity contribution in [1.29, 1.82) is 0 Å². The van der Waals surface area contributed by atoms with Crippen molar-refractivity contribution in [3.63, 3.8) is 0 Å². The number of esters is 3. The average Bonchev–Trinajstić information content (AvgIpc) is 2.44. The van der Waals surface area contributed by atoms with Gasteiger partial charge in [-0.1, -0.05) is 6.58 Å². The summed E-state index contributed by atoms with van der Waals surface area (Å²) in [7, 11) is 0. The van der Waals surface area contributed by atoms with Gasteiger partial charge in [-0.05, 0) is 6.92 Å². The van der Waals surface area contributed by atoms with Crippen molar-refractivity contribution < 1.29 is 33.7 Å². The highest BCUT2D eigenvalue weighted by atomic mass is 16.5. The minimum absolute atomic E-state index is 0.0617. The van der Waals surface area contributed by atoms with Gasteiger partial charge in [0.25, 0.3) is 0 Å². The van der Waals surface area contributed by atoms with E-state index in [4.69, 9.17) is 14.6 Å². The smallest absolute Gasteiger partial charge is 0.333 e. The number of hydrogen-bond donors (Lipinski definition) is 1. The Balaban J connectivity index is 3.68. The number of hydrogen-bond acceptors (Lipinski definition) is 7. The summed E-state index contributed by atoms with van der Waals surface area (Å²) in [6, 6.07) is 0. The van der Waals surface area contributed by atoms with Gasteiger partial charge in [0.2, 0.25) is 0 Å². The van der Waals surface area contributed by atoms with E-state index in [1.165, 1.54) is 6.92 Å². The predicted octanol–water partition coefficient (Wildman–Crippen LogP) is 0.521. The molecule has 0 rings (SSSR count). The second-order valence-electron chi connectivity index (χ2n) is 4.02. The van der Waals surface area contributed by atoms with Gasteiger partial charge in [-0.2, -0.15) is 0 Å². The van der Waals surface area contributed by atoms with Gasteiger partial charge in [-0.25, -0.2) is 14.4 Å². The Labute approximate surface area is 123 Å². The Morgan fingerprint density at radius 2 is 1.43 bits per heavy atom. The van der Waals surface area contributed by atoms with Gasteiger partial charge in [0.1, 0.15) is 0 Å². The molecule has 0 aromatic heterocycles. The van der Waals surface area contributed by atoms with Crippen molar-refractivity contribution in [2.24, 2.45) is 0 Å². The largest absolute Gasteiger partial charge is 0.462 e. The van der Waals surface area contributed by atoms with Crippen LogP contribution in [0.5, 0.6) is 0 Å². The SMILES string of the molecule is C=C(C)C(=O)OCCCOC(=O)/C=C\C(=O)OCCCO. The summed E-state index contributed by atoms with van der Waals surface area (Å²) in [5.41, 5.74) is 0.301. The van der Waals surface area contributed by atoms with E-state index in [9.17, 15) is 14.4 Å². The number of carbonyl (C=O) groups excluding carboxylic acids is 3. The molecule has 0 unspecified atom stereocenters. The maximum absolute atomic E-state index is 11.2. The number of aliphatic hydroxyl groups is 1. The van der Waals surface area contributed by atoms with Gasteiger partial charge in [-0.15, -0.1) is 0 Å². The zero-order valence-corrected chi connectivity index (χ0v) is 12.0. The van der Waals surface area contributed by atoms with Crippen LogP contribution in [0, 0.1) is 0 Å². The number of ether oxygens (including phenoxy) is 3. The zero-order chi connectivity index (χ0) is 16.1. The van der Waals surface area contributed by atoms with Crippen LogP contribution in [0.1, 0.15) is 19.8 Å². The average molecular weight is 300 g/mol. The topological polar surface area (TPSA) is 99.1 Å². The van der Waals surface area contributed by atoms with Gasteiger partial charge in [0.05, 0.1) is 19.8 Å². The Morgan fingerprint density at radius 1 is 0.952 bits per heavy atom. The molecule has 0 aromatic carbocycles. The fourth-order valence-corrected chi connectivity index (χ4v) is 0.989. The Kier molecular flexibility index (Phi) is 10.5. The molecule has 0 aromatic rings. The number of rotatable bonds is 10. The molecular weight excluding hydrogens is 280 g/mol. The minimum Gasteiger partial charge on any atom is -0.462 e. The molecule has 0 saturated carbocycles. The first-order chi connectivity index (χ1) is 9.97. The molecule has 0 aliphatic rings. The molecule has 0 spiro atoms. The van der Waals surface area contributed by atoms with Crippen molar-refractivity contribution >= 4 is 17.9 Å². The third-order valence-electron chi connectivity index (χ3n) is 2.02. The van der Waals surface area contributed by atoms with Crippen LogP contribution in [-0.2, 0) is 28.6 Å². The van der Waals surface area contributed by atoms with Crippen LogP contribution in [0.2, 0.25) is 0 Å². The third kappa shape index (κ3) is 11.4. The highest BCUT2D eigenvalue weighted by Gasteiger charge is 2.03. The van der Waals surface area contributed by atoms with Crippen LogP contribution < -0.4 is 0 Å². The monoisotopic (exact) mass is 300 g/mol. The third-order valence-corrected chi connectivity index (χ3v) is 2.02. The van der Waals surface area contributed by atoms with E-state index in [1.54, 1.807) is 0 Å². The summed E-state index contributed by atoms with van der Waals surface area (Å²) in [5, 5.41) is 8.48. The Hall–Kier alpha value is -2.15. The van der Waals surface area contributed by atoms with E-state index in [0.717, 1.165) is 12.2 Å². The maximum atomic E-state index is 11.2. The second-order valence-corrected chi connectivity index (χ2v) is 4.02. The van der Waals surface area contributed by atoms with Crippen molar-refractivity contribution in [3.05, 3.63) is 24.3 Å². The lowest BCUT2D eigenvalue weighted by Crippen LogP contribution is -2.10. The van der Waals surface area contributed by atoms with Crippen molar-refractivity contribution in [2.75, 3.05) is 26.4 Å². The maximum Gasteiger partial charge on any atom is 0.333 e. The van der Waals surface area contributed by atoms with Crippen molar-refractivity contribution in [2.45, 2.75) is 19.8 Å². The van der Waals surface area contributed by atoms with Crippen LogP contribution in [-0.4, -0.2) is 49.4 Å². The van der Waals surface area contributed by atoms with Gasteiger partial charge in [0.15, 0.2) is 0 Å². The van der Waals surface area contributed by atoms with Crippen LogP contribution >= 0.6 is 0 Å². The molecule has 21 heavy (non-hydrogen) atoms. The van der Waals surface area contributed by atoms with Gasteiger partial charge in [-0.3, -0.25) is 0 Å². The first-order valence-corrected chi connectivity index (χ1v) is 6.42. The van der Waals surface area contributed by atoms with Crippen molar-refractivity contribution in [1.82, 2.24) is 0 Å². The number of aliphatic hydroxyl groups excluding tert-OH is 1. The molecule has 1 N–H and O–H groups in total. The summed E-state index contributed by atoms with van der Waals surface area (Å²) in [6.07, 6.45) is 2.58. The summed E-state index contributed by atoms with van der Waals surface area (Å²) < 4.78 is 14.2. The van der Waals surface area contributed by atoms with Gasteiger partial charge >= 0.3 is 17.9 Å². The standard InChI is InChI=1S/C14H20O7/c1-11(2)14(18)21-10-4-9-20-13(17)6-5-12(16)19-8-3-7-15/h5-6,15H,1,3-4,7-10H2,2H3/b6-5-. The van der Waals surface area contributed by atoms with E-state index in [2.05, 4.69) is 11.3 Å². The Morgan fingerprint density at radius 3 is 1.90 bits per heavy atom.